The highest BCUT2D eigenvalue weighted by molar-refractivity contribution is 5.31. The third-order valence-electron chi connectivity index (χ3n) is 2.94. The second kappa shape index (κ2) is 5.09. The first-order chi connectivity index (χ1) is 8.47. The summed E-state index contributed by atoms with van der Waals surface area (Å²) >= 11 is 0. The van der Waals surface area contributed by atoms with Crippen molar-refractivity contribution in [3.05, 3.63) is 18.0 Å². The summed E-state index contributed by atoms with van der Waals surface area (Å²) in [5, 5.41) is 0. The zero-order valence-corrected chi connectivity index (χ0v) is 10.1. The molecule has 0 radical (unpaired) electrons. The summed E-state index contributed by atoms with van der Waals surface area (Å²) in [4.78, 5) is 11.5. The molecule has 0 bridgehead atoms. The molecular weight excluding hydrogens is 245 g/mol. The first-order valence-corrected chi connectivity index (χ1v) is 5.80. The molecule has 0 saturated carbocycles. The summed E-state index contributed by atoms with van der Waals surface area (Å²) in [6.07, 6.45) is -2.35. The Labute approximate surface area is 103 Å². The average molecular weight is 260 g/mol. The summed E-state index contributed by atoms with van der Waals surface area (Å²) in [5.41, 5.74) is -0.884. The minimum absolute atomic E-state index is 0.167. The van der Waals surface area contributed by atoms with Gasteiger partial charge in [-0.2, -0.15) is 13.2 Å². The average Bonchev–Trinajstić information content (AvgIpc) is 2.53. The molecule has 0 unspecified atom stereocenters. The number of hydrogen-bond acceptors (Lipinski definition) is 4. The van der Waals surface area contributed by atoms with E-state index in [0.29, 0.717) is 13.1 Å². The number of anilines is 1. The second-order valence-corrected chi connectivity index (χ2v) is 4.38. The van der Waals surface area contributed by atoms with Crippen LogP contribution in [0, 0.1) is 0 Å². The summed E-state index contributed by atoms with van der Waals surface area (Å²) in [6.45, 7) is 3.08. The monoisotopic (exact) mass is 260 g/mol. The molecule has 0 aromatic carbocycles. The molecule has 2 rings (SSSR count). The van der Waals surface area contributed by atoms with Gasteiger partial charge in [0.2, 0.25) is 5.95 Å². The van der Waals surface area contributed by atoms with Crippen LogP contribution < -0.4 is 4.90 Å². The molecule has 18 heavy (non-hydrogen) atoms. The van der Waals surface area contributed by atoms with Crippen molar-refractivity contribution in [3.8, 4) is 0 Å². The van der Waals surface area contributed by atoms with Crippen molar-refractivity contribution in [2.24, 2.45) is 0 Å². The van der Waals surface area contributed by atoms with E-state index in [9.17, 15) is 13.2 Å². The largest absolute Gasteiger partial charge is 0.433 e. The Bertz CT molecular complexity index is 408. The molecule has 1 aliphatic heterocycles. The third-order valence-corrected chi connectivity index (χ3v) is 2.94. The van der Waals surface area contributed by atoms with Gasteiger partial charge in [0.05, 0.1) is 0 Å². The standard InChI is InChI=1S/C11H15F3N4/c1-17-5-2-6-18(8-7-17)10-15-4-3-9(16-10)11(12,13)14/h3-4H,2,5-8H2,1H3. The van der Waals surface area contributed by atoms with E-state index in [1.165, 1.54) is 6.20 Å². The molecule has 1 aromatic heterocycles. The van der Waals surface area contributed by atoms with Gasteiger partial charge in [-0.1, -0.05) is 0 Å². The predicted octanol–water partition coefficient (Wildman–Crippen LogP) is 1.64. The third kappa shape index (κ3) is 3.10. The smallest absolute Gasteiger partial charge is 0.339 e. The Kier molecular flexibility index (Phi) is 3.70. The van der Waals surface area contributed by atoms with Gasteiger partial charge < -0.3 is 9.80 Å². The van der Waals surface area contributed by atoms with Crippen LogP contribution >= 0.6 is 0 Å². The van der Waals surface area contributed by atoms with E-state index in [2.05, 4.69) is 14.9 Å². The molecule has 1 aromatic rings. The summed E-state index contributed by atoms with van der Waals surface area (Å²) < 4.78 is 37.7. The van der Waals surface area contributed by atoms with E-state index >= 15 is 0 Å². The Morgan fingerprint density at radius 3 is 2.67 bits per heavy atom. The highest BCUT2D eigenvalue weighted by Crippen LogP contribution is 2.28. The molecule has 0 N–H and O–H groups in total. The molecule has 100 valence electrons. The summed E-state index contributed by atoms with van der Waals surface area (Å²) in [6, 6.07) is 0.896. The zero-order valence-electron chi connectivity index (χ0n) is 10.1. The van der Waals surface area contributed by atoms with E-state index in [4.69, 9.17) is 0 Å². The minimum atomic E-state index is -4.42. The number of halogens is 3. The van der Waals surface area contributed by atoms with Crippen LogP contribution in [0.5, 0.6) is 0 Å². The van der Waals surface area contributed by atoms with Gasteiger partial charge in [0, 0.05) is 25.8 Å². The molecule has 1 saturated heterocycles. The normalized spacial score (nSPS) is 18.8. The van der Waals surface area contributed by atoms with Crippen molar-refractivity contribution >= 4 is 5.95 Å². The van der Waals surface area contributed by atoms with Gasteiger partial charge in [0.1, 0.15) is 5.69 Å². The van der Waals surface area contributed by atoms with Gasteiger partial charge in [-0.15, -0.1) is 0 Å². The van der Waals surface area contributed by atoms with Crippen LogP contribution in [-0.4, -0.2) is 48.1 Å². The lowest BCUT2D eigenvalue weighted by Crippen LogP contribution is -2.30. The molecule has 0 aliphatic carbocycles. The van der Waals surface area contributed by atoms with Crippen LogP contribution in [0.3, 0.4) is 0 Å². The molecule has 1 aliphatic rings. The summed E-state index contributed by atoms with van der Waals surface area (Å²) in [5.74, 6) is 0.167. The minimum Gasteiger partial charge on any atom is -0.339 e. The fourth-order valence-corrected chi connectivity index (χ4v) is 1.91. The fourth-order valence-electron chi connectivity index (χ4n) is 1.91. The fraction of sp³-hybridized carbons (Fsp3) is 0.636. The molecule has 0 amide bonds. The number of rotatable bonds is 1. The van der Waals surface area contributed by atoms with Crippen molar-refractivity contribution in [1.82, 2.24) is 14.9 Å². The lowest BCUT2D eigenvalue weighted by molar-refractivity contribution is -0.141. The lowest BCUT2D eigenvalue weighted by Gasteiger charge is -2.20. The van der Waals surface area contributed by atoms with Crippen molar-refractivity contribution in [2.45, 2.75) is 12.6 Å². The summed E-state index contributed by atoms with van der Waals surface area (Å²) in [7, 11) is 2.00. The van der Waals surface area contributed by atoms with Crippen LogP contribution in [0.2, 0.25) is 0 Å². The van der Waals surface area contributed by atoms with E-state index in [0.717, 1.165) is 25.6 Å². The van der Waals surface area contributed by atoms with Gasteiger partial charge >= 0.3 is 6.18 Å². The van der Waals surface area contributed by atoms with Crippen LogP contribution in [-0.2, 0) is 6.18 Å². The maximum absolute atomic E-state index is 12.6. The van der Waals surface area contributed by atoms with E-state index in [1.54, 1.807) is 4.90 Å². The molecule has 2 heterocycles. The Morgan fingerprint density at radius 1 is 1.17 bits per heavy atom. The second-order valence-electron chi connectivity index (χ2n) is 4.38. The molecule has 4 nitrogen and oxygen atoms in total. The van der Waals surface area contributed by atoms with Crippen LogP contribution in [0.4, 0.5) is 19.1 Å². The topological polar surface area (TPSA) is 32.3 Å². The lowest BCUT2D eigenvalue weighted by atomic mass is 10.4. The van der Waals surface area contributed by atoms with E-state index in [1.807, 2.05) is 7.05 Å². The maximum Gasteiger partial charge on any atom is 0.433 e. The maximum atomic E-state index is 12.6. The quantitative estimate of drug-likeness (QED) is 0.768. The van der Waals surface area contributed by atoms with Gasteiger partial charge in [-0.25, -0.2) is 9.97 Å². The zero-order chi connectivity index (χ0) is 13.2. The first kappa shape index (κ1) is 13.1. The molecule has 0 spiro atoms. The molecular formula is C11H15F3N4. The van der Waals surface area contributed by atoms with Gasteiger partial charge in [0.15, 0.2) is 0 Å². The Morgan fingerprint density at radius 2 is 1.94 bits per heavy atom. The van der Waals surface area contributed by atoms with E-state index in [-0.39, 0.29) is 5.95 Å². The van der Waals surface area contributed by atoms with Crippen LogP contribution in [0.25, 0.3) is 0 Å². The van der Waals surface area contributed by atoms with Crippen LogP contribution in [0.1, 0.15) is 12.1 Å². The van der Waals surface area contributed by atoms with Gasteiger partial charge in [0.25, 0.3) is 0 Å². The van der Waals surface area contributed by atoms with Crippen LogP contribution in [0.15, 0.2) is 12.3 Å². The van der Waals surface area contributed by atoms with Gasteiger partial charge in [-0.05, 0) is 26.1 Å². The van der Waals surface area contributed by atoms with E-state index < -0.39 is 11.9 Å². The number of hydrogen-bond donors (Lipinski definition) is 0. The SMILES string of the molecule is CN1CCCN(c2nccc(C(F)(F)F)n2)CC1. The van der Waals surface area contributed by atoms with Crippen molar-refractivity contribution in [2.75, 3.05) is 38.1 Å². The Balaban J connectivity index is 2.17. The van der Waals surface area contributed by atoms with Crippen molar-refractivity contribution in [3.63, 3.8) is 0 Å². The van der Waals surface area contributed by atoms with Gasteiger partial charge in [-0.3, -0.25) is 0 Å². The number of aromatic nitrogens is 2. The molecule has 0 atom stereocenters. The number of nitrogens with zero attached hydrogens (tertiary/aromatic N) is 4. The number of alkyl halides is 3. The number of likely N-dealkylation sites (N-methyl/N-ethyl adjacent to an activating group) is 1. The highest BCUT2D eigenvalue weighted by atomic mass is 19.4. The highest BCUT2D eigenvalue weighted by Gasteiger charge is 2.33. The molecule has 1 fully saturated rings. The first-order valence-electron chi connectivity index (χ1n) is 5.80. The Hall–Kier alpha value is -1.37. The molecule has 7 heteroatoms. The predicted molar refractivity (Wildman–Crippen MR) is 61.4 cm³/mol. The van der Waals surface area contributed by atoms with Crippen molar-refractivity contribution in [1.29, 1.82) is 0 Å². The van der Waals surface area contributed by atoms with Crippen molar-refractivity contribution < 1.29 is 13.2 Å².